The first-order valence-corrected chi connectivity index (χ1v) is 4.88. The van der Waals surface area contributed by atoms with E-state index in [4.69, 9.17) is 5.73 Å². The molecule has 0 spiro atoms. The van der Waals surface area contributed by atoms with E-state index in [0.717, 1.165) is 16.5 Å². The largest absolute Gasteiger partial charge is 0.372 e. The number of thiocarbonyl (C=S) groups is 1. The third kappa shape index (κ3) is 2.13. The predicted molar refractivity (Wildman–Crippen MR) is 64.3 cm³/mol. The van der Waals surface area contributed by atoms with E-state index in [-0.39, 0.29) is 5.11 Å². The minimum atomic E-state index is 0.214. The highest BCUT2D eigenvalue weighted by Crippen LogP contribution is 2.14. The highest BCUT2D eigenvalue weighted by Gasteiger charge is 2.01. The van der Waals surface area contributed by atoms with Crippen molar-refractivity contribution < 1.29 is 5.10 Å². The Bertz CT molecular complexity index is 515. The van der Waals surface area contributed by atoms with Gasteiger partial charge in [-0.3, -0.25) is 0 Å². The molecule has 1 aromatic carbocycles. The van der Waals surface area contributed by atoms with E-state index in [0.29, 0.717) is 0 Å². The number of nitrogens with two attached hydrogens (primary N) is 1. The van der Waals surface area contributed by atoms with Crippen LogP contribution in [0, 0.1) is 0 Å². The second kappa shape index (κ2) is 4.10. The minimum absolute atomic E-state index is 0.214. The number of benzene rings is 1. The van der Waals surface area contributed by atoms with Gasteiger partial charge in [-0.15, -0.1) is 10.5 Å². The molecule has 0 aliphatic rings. The highest BCUT2D eigenvalue weighted by atomic mass is 32.1. The molecule has 0 atom stereocenters. The van der Waals surface area contributed by atoms with Gasteiger partial charge >= 0.3 is 0 Å². The molecule has 0 fully saturated rings. The van der Waals surface area contributed by atoms with E-state index in [9.17, 15) is 0 Å². The molecule has 2 aromatic rings. The number of rotatable bonds is 2. The van der Waals surface area contributed by atoms with Crippen LogP contribution in [-0.4, -0.2) is 16.3 Å². The van der Waals surface area contributed by atoms with Crippen molar-refractivity contribution in [3.8, 4) is 0 Å². The summed E-state index contributed by atoms with van der Waals surface area (Å²) in [6, 6.07) is 8.05. The van der Waals surface area contributed by atoms with E-state index in [1.165, 1.54) is 0 Å². The smallest absolute Gasteiger partial charge is 0.221 e. The van der Waals surface area contributed by atoms with Crippen LogP contribution in [-0.2, 0) is 0 Å². The van der Waals surface area contributed by atoms with E-state index >= 15 is 0 Å². The van der Waals surface area contributed by atoms with Crippen molar-refractivity contribution >= 4 is 34.4 Å². The van der Waals surface area contributed by atoms with Gasteiger partial charge in [0.05, 0.1) is 5.56 Å². The Morgan fingerprint density at radius 1 is 1.47 bits per heavy atom. The Balaban J connectivity index is 2.28. The molecular formula is C10H11N4S+. The summed E-state index contributed by atoms with van der Waals surface area (Å²) >= 11 is 4.66. The molecule has 76 valence electrons. The first-order valence-electron chi connectivity index (χ1n) is 4.47. The summed E-state index contributed by atoms with van der Waals surface area (Å²) in [5.74, 6) is 0. The lowest BCUT2D eigenvalue weighted by molar-refractivity contribution is -0.499. The van der Waals surface area contributed by atoms with Crippen LogP contribution in [0.25, 0.3) is 10.9 Å². The molecule has 0 aliphatic carbocycles. The van der Waals surface area contributed by atoms with E-state index in [2.05, 4.69) is 27.7 Å². The first-order chi connectivity index (χ1) is 7.27. The van der Waals surface area contributed by atoms with Gasteiger partial charge in [0.15, 0.2) is 0 Å². The Morgan fingerprint density at radius 3 is 3.07 bits per heavy atom. The quantitative estimate of drug-likeness (QED) is 0.310. The summed E-state index contributed by atoms with van der Waals surface area (Å²) in [4.78, 5) is 3.16. The molecule has 2 rings (SSSR count). The topological polar surface area (TPSA) is 67.8 Å². The second-order valence-corrected chi connectivity index (χ2v) is 3.51. The zero-order chi connectivity index (χ0) is 10.7. The Hall–Kier alpha value is -1.88. The molecular weight excluding hydrogens is 208 g/mol. The molecule has 0 amide bonds. The molecule has 1 aromatic heterocycles. The fourth-order valence-electron chi connectivity index (χ4n) is 1.40. The zero-order valence-corrected chi connectivity index (χ0v) is 8.77. The maximum atomic E-state index is 5.27. The van der Waals surface area contributed by atoms with Crippen LogP contribution in [0.1, 0.15) is 5.56 Å². The van der Waals surface area contributed by atoms with Crippen LogP contribution >= 0.6 is 12.2 Å². The fraction of sp³-hybridized carbons (Fsp3) is 0. The third-order valence-corrected chi connectivity index (χ3v) is 2.15. The Kier molecular flexibility index (Phi) is 2.64. The second-order valence-electron chi connectivity index (χ2n) is 3.07. The summed E-state index contributed by atoms with van der Waals surface area (Å²) in [6.07, 6.45) is 3.72. The molecule has 5 N–H and O–H groups in total. The summed E-state index contributed by atoms with van der Waals surface area (Å²) in [6.45, 7) is 0. The standard InChI is InChI=1S/C10H10N4S/c11-10(15)14-13-6-7-5-12-9-4-2-1-3-8(7)9/h1-6,12H,(H3,11,14,15)/p+1. The maximum absolute atomic E-state index is 5.27. The van der Waals surface area contributed by atoms with Crippen molar-refractivity contribution in [3.63, 3.8) is 0 Å². The van der Waals surface area contributed by atoms with Gasteiger partial charge in [0.1, 0.15) is 0 Å². The summed E-state index contributed by atoms with van der Waals surface area (Å²) < 4.78 is 0. The molecule has 0 unspecified atom stereocenters. The highest BCUT2D eigenvalue weighted by molar-refractivity contribution is 7.80. The molecule has 0 radical (unpaired) electrons. The number of H-pyrrole nitrogens is 1. The van der Waals surface area contributed by atoms with Crippen molar-refractivity contribution in [1.29, 1.82) is 0 Å². The number of hydrazine groups is 1. The lowest BCUT2D eigenvalue weighted by atomic mass is 10.2. The average Bonchev–Trinajstić information content (AvgIpc) is 2.62. The van der Waals surface area contributed by atoms with Crippen LogP contribution in [0.3, 0.4) is 0 Å². The molecule has 5 heteroatoms. The zero-order valence-electron chi connectivity index (χ0n) is 7.95. The monoisotopic (exact) mass is 219 g/mol. The van der Waals surface area contributed by atoms with Gasteiger partial charge in [0.25, 0.3) is 0 Å². The Labute approximate surface area is 92.2 Å². The number of fused-ring (bicyclic) bond motifs is 1. The minimum Gasteiger partial charge on any atom is -0.372 e. The van der Waals surface area contributed by atoms with Crippen molar-refractivity contribution in [1.82, 2.24) is 10.4 Å². The van der Waals surface area contributed by atoms with Crippen LogP contribution in [0.5, 0.6) is 0 Å². The molecule has 1 heterocycles. The van der Waals surface area contributed by atoms with Crippen molar-refractivity contribution in [2.75, 3.05) is 0 Å². The number of nitrogens with one attached hydrogen (secondary N) is 3. The molecule has 0 bridgehead atoms. The van der Waals surface area contributed by atoms with Crippen LogP contribution in [0.4, 0.5) is 0 Å². The van der Waals surface area contributed by atoms with E-state index in [1.54, 1.807) is 6.21 Å². The lowest BCUT2D eigenvalue weighted by Gasteiger charge is -1.88. The van der Waals surface area contributed by atoms with Gasteiger partial charge in [0, 0.05) is 17.1 Å². The maximum Gasteiger partial charge on any atom is 0.221 e. The van der Waals surface area contributed by atoms with Gasteiger partial charge in [-0.25, -0.2) is 0 Å². The van der Waals surface area contributed by atoms with Crippen molar-refractivity contribution in [3.05, 3.63) is 36.0 Å². The van der Waals surface area contributed by atoms with Crippen LogP contribution in [0.15, 0.2) is 30.5 Å². The van der Waals surface area contributed by atoms with E-state index in [1.807, 2.05) is 30.5 Å². The summed E-state index contributed by atoms with van der Waals surface area (Å²) in [5, 5.41) is 4.18. The van der Waals surface area contributed by atoms with Crippen molar-refractivity contribution in [2.45, 2.75) is 0 Å². The first kappa shape index (κ1) is 9.67. The molecule has 0 saturated carbocycles. The van der Waals surface area contributed by atoms with Gasteiger partial charge in [-0.05, 0) is 18.3 Å². The molecule has 4 nitrogen and oxygen atoms in total. The van der Waals surface area contributed by atoms with Gasteiger partial charge in [-0.1, -0.05) is 18.2 Å². The Morgan fingerprint density at radius 2 is 2.27 bits per heavy atom. The van der Waals surface area contributed by atoms with Gasteiger partial charge < -0.3 is 10.7 Å². The van der Waals surface area contributed by atoms with Crippen molar-refractivity contribution in [2.24, 2.45) is 5.73 Å². The normalized spacial score (nSPS) is 10.9. The number of aromatic nitrogens is 1. The molecule has 15 heavy (non-hydrogen) atoms. The predicted octanol–water partition coefficient (Wildman–Crippen LogP) is -0.584. The number of hydrogen-bond donors (Lipinski definition) is 4. The van der Waals surface area contributed by atoms with Gasteiger partial charge in [-0.2, -0.15) is 0 Å². The number of aromatic amines is 1. The van der Waals surface area contributed by atoms with Crippen LogP contribution in [0.2, 0.25) is 0 Å². The molecule has 0 saturated heterocycles. The third-order valence-electron chi connectivity index (χ3n) is 2.04. The number of hydrazone groups is 1. The SMILES string of the molecule is NC(=S)N[NH+]=Cc1c[nH]c2ccccc12. The summed E-state index contributed by atoms with van der Waals surface area (Å²) in [7, 11) is 0. The fourth-order valence-corrected chi connectivity index (χ4v) is 1.46. The summed E-state index contributed by atoms with van der Waals surface area (Å²) in [5.41, 5.74) is 10.1. The molecule has 0 aliphatic heterocycles. The lowest BCUT2D eigenvalue weighted by Crippen LogP contribution is -2.82. The average molecular weight is 219 g/mol. The van der Waals surface area contributed by atoms with Gasteiger partial charge in [0.2, 0.25) is 11.3 Å². The van der Waals surface area contributed by atoms with E-state index < -0.39 is 0 Å². The number of hydrogen-bond acceptors (Lipinski definition) is 1. The number of para-hydroxylation sites is 1. The van der Waals surface area contributed by atoms with Crippen LogP contribution < -0.4 is 16.3 Å².